The summed E-state index contributed by atoms with van der Waals surface area (Å²) in [5.41, 5.74) is 3.62. The van der Waals surface area contributed by atoms with E-state index in [0.29, 0.717) is 0 Å². The van der Waals surface area contributed by atoms with Gasteiger partial charge in [0, 0.05) is 14.9 Å². The first kappa shape index (κ1) is 13.1. The molecule has 0 aliphatic carbocycles. The van der Waals surface area contributed by atoms with Gasteiger partial charge in [-0.1, -0.05) is 22.0 Å². The summed E-state index contributed by atoms with van der Waals surface area (Å²) in [7, 11) is 0. The van der Waals surface area contributed by atoms with Crippen molar-refractivity contribution in [1.82, 2.24) is 4.98 Å². The third-order valence-corrected chi connectivity index (χ3v) is 4.63. The molecule has 1 heterocycles. The molecule has 0 N–H and O–H groups in total. The average Bonchev–Trinajstić information content (AvgIpc) is 2.64. The summed E-state index contributed by atoms with van der Waals surface area (Å²) in [4.78, 5) is 6.01. The van der Waals surface area contributed by atoms with Gasteiger partial charge in [0.05, 0.1) is 5.69 Å². The summed E-state index contributed by atoms with van der Waals surface area (Å²) in [6, 6.07) is 6.32. The van der Waals surface area contributed by atoms with Crippen LogP contribution in [0.25, 0.3) is 10.6 Å². The number of hydrogen-bond acceptors (Lipinski definition) is 3. The van der Waals surface area contributed by atoms with Crippen molar-refractivity contribution in [3.63, 3.8) is 0 Å². The predicted octanol–water partition coefficient (Wildman–Crippen LogP) is 4.66. The van der Waals surface area contributed by atoms with Gasteiger partial charge in [0.25, 0.3) is 0 Å². The first-order valence-corrected chi connectivity index (χ1v) is 7.69. The van der Waals surface area contributed by atoms with Gasteiger partial charge < -0.3 is 0 Å². The van der Waals surface area contributed by atoms with Crippen LogP contribution in [0.1, 0.15) is 16.1 Å². The molecular formula is C13H14BrNS2. The molecule has 0 aliphatic rings. The summed E-state index contributed by atoms with van der Waals surface area (Å²) in [5.74, 6) is 0.875. The van der Waals surface area contributed by atoms with E-state index in [1.165, 1.54) is 16.0 Å². The second-order valence-electron chi connectivity index (χ2n) is 3.96. The van der Waals surface area contributed by atoms with Crippen LogP contribution in [0, 0.1) is 13.8 Å². The number of rotatable bonds is 3. The van der Waals surface area contributed by atoms with Gasteiger partial charge in [-0.3, -0.25) is 0 Å². The van der Waals surface area contributed by atoms with Gasteiger partial charge in [0.1, 0.15) is 5.01 Å². The molecule has 0 radical (unpaired) electrons. The minimum atomic E-state index is 0.875. The van der Waals surface area contributed by atoms with Crippen LogP contribution in [-0.4, -0.2) is 10.7 Å². The van der Waals surface area contributed by atoms with E-state index in [1.54, 1.807) is 11.3 Å². The minimum absolute atomic E-state index is 0.875. The largest absolute Gasteiger partial charge is 0.241 e. The molecule has 0 aliphatic heterocycles. The molecule has 17 heavy (non-hydrogen) atoms. The number of aryl methyl sites for hydroxylation is 3. The maximum Gasteiger partial charge on any atom is 0.124 e. The lowest BCUT2D eigenvalue weighted by Gasteiger charge is -2.02. The molecule has 0 fully saturated rings. The highest BCUT2D eigenvalue weighted by Crippen LogP contribution is 2.32. The van der Waals surface area contributed by atoms with Gasteiger partial charge in [0.2, 0.25) is 0 Å². The number of aromatic nitrogens is 1. The van der Waals surface area contributed by atoms with Gasteiger partial charge in [-0.15, -0.1) is 11.3 Å². The lowest BCUT2D eigenvalue weighted by Crippen LogP contribution is -1.84. The minimum Gasteiger partial charge on any atom is -0.241 e. The van der Waals surface area contributed by atoms with E-state index in [1.807, 2.05) is 0 Å². The van der Waals surface area contributed by atoms with Crippen LogP contribution in [0.2, 0.25) is 0 Å². The Morgan fingerprint density at radius 3 is 2.82 bits per heavy atom. The molecule has 0 atom stereocenters. The lowest BCUT2D eigenvalue weighted by atomic mass is 10.1. The van der Waals surface area contributed by atoms with E-state index in [-0.39, 0.29) is 0 Å². The molecule has 1 aromatic heterocycles. The van der Waals surface area contributed by atoms with Crippen molar-refractivity contribution in [2.24, 2.45) is 0 Å². The first-order chi connectivity index (χ1) is 8.11. The summed E-state index contributed by atoms with van der Waals surface area (Å²) >= 11 is 9.58. The third kappa shape index (κ3) is 2.92. The van der Waals surface area contributed by atoms with Crippen LogP contribution in [-0.2, 0) is 6.42 Å². The highest BCUT2D eigenvalue weighted by atomic mass is 79.9. The number of hydrogen-bond donors (Lipinski definition) is 1. The molecule has 1 aromatic carbocycles. The molecular weight excluding hydrogens is 314 g/mol. The Morgan fingerprint density at radius 2 is 2.12 bits per heavy atom. The van der Waals surface area contributed by atoms with Gasteiger partial charge in [0.15, 0.2) is 0 Å². The van der Waals surface area contributed by atoms with Gasteiger partial charge in [-0.2, -0.15) is 12.6 Å². The zero-order chi connectivity index (χ0) is 12.4. The molecule has 90 valence electrons. The number of benzene rings is 1. The van der Waals surface area contributed by atoms with Crippen molar-refractivity contribution in [2.75, 3.05) is 5.75 Å². The van der Waals surface area contributed by atoms with Crippen molar-refractivity contribution in [2.45, 2.75) is 20.3 Å². The zero-order valence-corrected chi connectivity index (χ0v) is 13.1. The molecule has 2 aromatic rings. The quantitative estimate of drug-likeness (QED) is 0.809. The van der Waals surface area contributed by atoms with Gasteiger partial charge in [-0.25, -0.2) is 4.98 Å². The van der Waals surface area contributed by atoms with Crippen molar-refractivity contribution < 1.29 is 0 Å². The summed E-state index contributed by atoms with van der Waals surface area (Å²) in [5, 5.41) is 1.11. The number of nitrogens with zero attached hydrogens (tertiary/aromatic N) is 1. The van der Waals surface area contributed by atoms with Crippen molar-refractivity contribution in [3.8, 4) is 10.6 Å². The van der Waals surface area contributed by atoms with E-state index in [2.05, 4.69) is 65.6 Å². The van der Waals surface area contributed by atoms with Crippen molar-refractivity contribution in [1.29, 1.82) is 0 Å². The number of thiazole rings is 1. The topological polar surface area (TPSA) is 12.9 Å². The fourth-order valence-corrected chi connectivity index (χ4v) is 3.58. The van der Waals surface area contributed by atoms with Gasteiger partial charge in [-0.05, 0) is 43.7 Å². The van der Waals surface area contributed by atoms with Crippen LogP contribution in [0.5, 0.6) is 0 Å². The second kappa shape index (κ2) is 5.55. The van der Waals surface area contributed by atoms with Crippen LogP contribution >= 0.6 is 39.9 Å². The van der Waals surface area contributed by atoms with Crippen molar-refractivity contribution >= 4 is 39.9 Å². The average molecular weight is 328 g/mol. The first-order valence-electron chi connectivity index (χ1n) is 5.45. The number of thiol groups is 1. The van der Waals surface area contributed by atoms with E-state index in [9.17, 15) is 0 Å². The molecule has 0 bridgehead atoms. The van der Waals surface area contributed by atoms with E-state index >= 15 is 0 Å². The Labute approximate surface area is 120 Å². The molecule has 0 saturated carbocycles. The Bertz CT molecular complexity index is 534. The third-order valence-electron chi connectivity index (χ3n) is 2.66. The van der Waals surface area contributed by atoms with Crippen LogP contribution in [0.4, 0.5) is 0 Å². The Hall–Kier alpha value is -0.320. The molecule has 0 spiro atoms. The van der Waals surface area contributed by atoms with Crippen LogP contribution in [0.3, 0.4) is 0 Å². The standard InChI is InChI=1S/C13H14BrNS2/c1-8-3-4-10(14)7-11(8)13-15-9(2)12(17-13)5-6-16/h3-4,7,16H,5-6H2,1-2H3. The smallest absolute Gasteiger partial charge is 0.124 e. The molecule has 1 nitrogen and oxygen atoms in total. The van der Waals surface area contributed by atoms with Gasteiger partial charge >= 0.3 is 0 Å². The predicted molar refractivity (Wildman–Crippen MR) is 82.3 cm³/mol. The lowest BCUT2D eigenvalue weighted by molar-refractivity contribution is 1.13. The molecule has 2 rings (SSSR count). The molecule has 0 unspecified atom stereocenters. The molecule has 0 amide bonds. The van der Waals surface area contributed by atoms with Crippen LogP contribution < -0.4 is 0 Å². The summed E-state index contributed by atoms with van der Waals surface area (Å²) < 4.78 is 1.10. The van der Waals surface area contributed by atoms with E-state index in [4.69, 9.17) is 0 Å². The Kier molecular flexibility index (Phi) is 4.28. The van der Waals surface area contributed by atoms with E-state index < -0.39 is 0 Å². The fraction of sp³-hybridized carbons (Fsp3) is 0.308. The van der Waals surface area contributed by atoms with Crippen molar-refractivity contribution in [3.05, 3.63) is 38.8 Å². The highest BCUT2D eigenvalue weighted by molar-refractivity contribution is 9.10. The monoisotopic (exact) mass is 327 g/mol. The van der Waals surface area contributed by atoms with E-state index in [0.717, 1.165) is 27.3 Å². The zero-order valence-electron chi connectivity index (χ0n) is 9.83. The maximum absolute atomic E-state index is 4.67. The molecule has 0 saturated heterocycles. The second-order valence-corrected chi connectivity index (χ2v) is 6.41. The number of halogens is 1. The SMILES string of the molecule is Cc1ccc(Br)cc1-c1nc(C)c(CCS)s1. The summed E-state index contributed by atoms with van der Waals surface area (Å²) in [6.45, 7) is 4.20. The Morgan fingerprint density at radius 1 is 1.35 bits per heavy atom. The molecule has 4 heteroatoms. The van der Waals surface area contributed by atoms with Crippen LogP contribution in [0.15, 0.2) is 22.7 Å². The normalized spacial score (nSPS) is 10.8. The maximum atomic E-state index is 4.67. The fourth-order valence-electron chi connectivity index (χ4n) is 1.70. The highest BCUT2D eigenvalue weighted by Gasteiger charge is 2.11. The summed E-state index contributed by atoms with van der Waals surface area (Å²) in [6.07, 6.45) is 1.000. The Balaban J connectivity index is 2.45.